The molecule has 1 N–H and O–H groups in total. The van der Waals surface area contributed by atoms with Crippen LogP contribution in [0.25, 0.3) is 0 Å². The summed E-state index contributed by atoms with van der Waals surface area (Å²) in [6.45, 7) is 8.55. The lowest BCUT2D eigenvalue weighted by Gasteiger charge is -2.40. The molecule has 3 amide bonds. The summed E-state index contributed by atoms with van der Waals surface area (Å²) in [5, 5.41) is 10.2. The van der Waals surface area contributed by atoms with Gasteiger partial charge in [-0.15, -0.1) is 11.8 Å². The third-order valence-electron chi connectivity index (χ3n) is 8.27. The van der Waals surface area contributed by atoms with Gasteiger partial charge in [0.2, 0.25) is 11.8 Å². The number of rotatable bonds is 4. The van der Waals surface area contributed by atoms with Crippen molar-refractivity contribution in [1.82, 2.24) is 9.80 Å². The van der Waals surface area contributed by atoms with Gasteiger partial charge in [0, 0.05) is 31.1 Å². The number of carbonyl (C=O) groups excluding carboxylic acids is 3. The molecular formula is C28H35N3O4S. The van der Waals surface area contributed by atoms with Gasteiger partial charge in [-0.05, 0) is 37.0 Å². The standard InChI is InChI=1S/C28H35N3O4S/c1-16(2)20(15-32)31-24-27(35)30(19-14-17(3)9-10-18(19)4)13-7-11-28(24)23(26(31)34)22-21(36-28)8-6-12-29(5)25(22)33/h6-11,14,16,20-24,32H,12-13,15H2,1-5H3/t20-,21-,22+,23-,24?,28-/m0/s1. The summed E-state index contributed by atoms with van der Waals surface area (Å²) in [7, 11) is 1.76. The Labute approximate surface area is 217 Å². The monoisotopic (exact) mass is 509 g/mol. The number of carbonyl (C=O) groups is 3. The molecule has 6 atom stereocenters. The molecule has 0 radical (unpaired) electrons. The fourth-order valence-corrected chi connectivity index (χ4v) is 8.40. The maximum atomic E-state index is 14.5. The quantitative estimate of drug-likeness (QED) is 0.631. The number of anilines is 1. The second-order valence-electron chi connectivity index (χ2n) is 10.9. The van der Waals surface area contributed by atoms with Crippen LogP contribution in [0.2, 0.25) is 0 Å². The fraction of sp³-hybridized carbons (Fsp3) is 0.536. The molecule has 4 aliphatic heterocycles. The molecule has 1 spiro atoms. The average Bonchev–Trinajstić information content (AvgIpc) is 3.15. The van der Waals surface area contributed by atoms with Crippen molar-refractivity contribution in [2.75, 3.05) is 31.6 Å². The Balaban J connectivity index is 1.68. The SMILES string of the molecule is Cc1ccc(C)c(N2CC=C[C@]34S[C@H]5C=CCN(C)C(=O)[C@H]5[C@H]3C(=O)N([C@@H](CO)C(C)C)C4C2=O)c1. The van der Waals surface area contributed by atoms with Crippen LogP contribution in [0.5, 0.6) is 0 Å². The first-order chi connectivity index (χ1) is 17.1. The van der Waals surface area contributed by atoms with Crippen LogP contribution in [-0.2, 0) is 14.4 Å². The molecule has 4 heterocycles. The minimum absolute atomic E-state index is 0.0581. The molecule has 0 bridgehead atoms. The molecule has 1 aromatic carbocycles. The number of aliphatic hydroxyl groups is 1. The van der Waals surface area contributed by atoms with Crippen molar-refractivity contribution in [2.45, 2.75) is 49.8 Å². The highest BCUT2D eigenvalue weighted by molar-refractivity contribution is 8.02. The van der Waals surface area contributed by atoms with Crippen LogP contribution in [0.3, 0.4) is 0 Å². The molecular weight excluding hydrogens is 474 g/mol. The topological polar surface area (TPSA) is 81.2 Å². The van der Waals surface area contributed by atoms with Crippen LogP contribution in [0.4, 0.5) is 5.69 Å². The van der Waals surface area contributed by atoms with Gasteiger partial charge in [-0.1, -0.05) is 50.3 Å². The first-order valence-electron chi connectivity index (χ1n) is 12.7. The Morgan fingerprint density at radius 3 is 2.53 bits per heavy atom. The number of nitrogens with zero attached hydrogens (tertiary/aromatic N) is 3. The number of amides is 3. The fourth-order valence-electron chi connectivity index (χ4n) is 6.41. The third kappa shape index (κ3) is 3.56. The number of fused-ring (bicyclic) bond motifs is 2. The molecule has 0 aliphatic carbocycles. The Morgan fingerprint density at radius 2 is 1.83 bits per heavy atom. The molecule has 0 saturated carbocycles. The minimum atomic E-state index is -0.879. The number of hydrogen-bond donors (Lipinski definition) is 1. The number of likely N-dealkylation sites (tertiary alicyclic amines) is 1. The van der Waals surface area contributed by atoms with Crippen molar-refractivity contribution >= 4 is 35.2 Å². The van der Waals surface area contributed by atoms with Crippen LogP contribution in [0.15, 0.2) is 42.5 Å². The maximum Gasteiger partial charge on any atom is 0.251 e. The smallest absolute Gasteiger partial charge is 0.251 e. The molecule has 2 fully saturated rings. The lowest BCUT2D eigenvalue weighted by atomic mass is 9.78. The summed E-state index contributed by atoms with van der Waals surface area (Å²) < 4.78 is -0.879. The van der Waals surface area contributed by atoms with E-state index in [0.29, 0.717) is 13.1 Å². The number of aryl methyl sites for hydroxylation is 2. The molecule has 36 heavy (non-hydrogen) atoms. The largest absolute Gasteiger partial charge is 0.394 e. The summed E-state index contributed by atoms with van der Waals surface area (Å²) in [6.07, 6.45) is 8.04. The van der Waals surface area contributed by atoms with E-state index in [9.17, 15) is 19.5 Å². The van der Waals surface area contributed by atoms with Crippen molar-refractivity contribution in [3.05, 3.63) is 53.6 Å². The van der Waals surface area contributed by atoms with Gasteiger partial charge in [0.1, 0.15) is 6.04 Å². The summed E-state index contributed by atoms with van der Waals surface area (Å²) >= 11 is 1.57. The number of benzene rings is 1. The zero-order valence-electron chi connectivity index (χ0n) is 21.5. The van der Waals surface area contributed by atoms with Crippen LogP contribution < -0.4 is 4.90 Å². The van der Waals surface area contributed by atoms with Crippen molar-refractivity contribution in [1.29, 1.82) is 0 Å². The van der Waals surface area contributed by atoms with E-state index in [-0.39, 0.29) is 35.5 Å². The van der Waals surface area contributed by atoms with Gasteiger partial charge >= 0.3 is 0 Å². The van der Waals surface area contributed by atoms with Crippen molar-refractivity contribution in [3.8, 4) is 0 Å². The molecule has 7 nitrogen and oxygen atoms in total. The maximum absolute atomic E-state index is 14.5. The Hall–Kier alpha value is -2.58. The molecule has 1 aromatic rings. The highest BCUT2D eigenvalue weighted by Crippen LogP contribution is 2.61. The van der Waals surface area contributed by atoms with E-state index in [2.05, 4.69) is 0 Å². The Bertz CT molecular complexity index is 1160. The number of likely N-dealkylation sites (N-methyl/N-ethyl adjacent to an activating group) is 1. The van der Waals surface area contributed by atoms with Gasteiger partial charge in [0.25, 0.3) is 5.91 Å². The van der Waals surface area contributed by atoms with Gasteiger partial charge in [-0.3, -0.25) is 14.4 Å². The summed E-state index contributed by atoms with van der Waals surface area (Å²) in [4.78, 5) is 47.4. The first kappa shape index (κ1) is 25.1. The number of thioether (sulfide) groups is 1. The Kier molecular flexibility index (Phi) is 6.32. The van der Waals surface area contributed by atoms with E-state index in [1.54, 1.807) is 33.5 Å². The zero-order valence-corrected chi connectivity index (χ0v) is 22.4. The summed E-state index contributed by atoms with van der Waals surface area (Å²) in [6, 6.07) is 4.71. The highest BCUT2D eigenvalue weighted by Gasteiger charge is 2.71. The van der Waals surface area contributed by atoms with Crippen LogP contribution >= 0.6 is 11.8 Å². The van der Waals surface area contributed by atoms with E-state index in [1.165, 1.54) is 0 Å². The van der Waals surface area contributed by atoms with Gasteiger partial charge < -0.3 is 19.8 Å². The van der Waals surface area contributed by atoms with Crippen molar-refractivity contribution < 1.29 is 19.5 Å². The molecule has 0 aromatic heterocycles. The van der Waals surface area contributed by atoms with Crippen molar-refractivity contribution in [3.63, 3.8) is 0 Å². The zero-order chi connectivity index (χ0) is 25.9. The molecule has 4 aliphatic rings. The lowest BCUT2D eigenvalue weighted by molar-refractivity contribution is -0.144. The molecule has 1 unspecified atom stereocenters. The number of aliphatic hydroxyl groups excluding tert-OH is 1. The van der Waals surface area contributed by atoms with Gasteiger partial charge in [0.05, 0.1) is 29.2 Å². The minimum Gasteiger partial charge on any atom is -0.394 e. The van der Waals surface area contributed by atoms with E-state index >= 15 is 0 Å². The normalized spacial score (nSPS) is 32.5. The molecule has 2 saturated heterocycles. The lowest BCUT2D eigenvalue weighted by Crippen LogP contribution is -2.57. The average molecular weight is 510 g/mol. The van der Waals surface area contributed by atoms with Gasteiger partial charge in [-0.2, -0.15) is 0 Å². The number of hydrogen-bond acceptors (Lipinski definition) is 5. The van der Waals surface area contributed by atoms with Crippen LogP contribution in [-0.4, -0.2) is 81.5 Å². The predicted molar refractivity (Wildman–Crippen MR) is 142 cm³/mol. The summed E-state index contributed by atoms with van der Waals surface area (Å²) in [5.74, 6) is -1.69. The third-order valence-corrected chi connectivity index (χ3v) is 10.0. The highest BCUT2D eigenvalue weighted by atomic mass is 32.2. The molecule has 8 heteroatoms. The van der Waals surface area contributed by atoms with E-state index < -0.39 is 28.7 Å². The van der Waals surface area contributed by atoms with E-state index in [4.69, 9.17) is 0 Å². The molecule has 192 valence electrons. The summed E-state index contributed by atoms with van der Waals surface area (Å²) in [5.41, 5.74) is 2.86. The second-order valence-corrected chi connectivity index (χ2v) is 12.4. The van der Waals surface area contributed by atoms with Crippen molar-refractivity contribution in [2.24, 2.45) is 17.8 Å². The van der Waals surface area contributed by atoms with E-state index in [1.807, 2.05) is 70.2 Å². The molecule has 5 rings (SSSR count). The first-order valence-corrected chi connectivity index (χ1v) is 13.6. The van der Waals surface area contributed by atoms with Crippen LogP contribution in [0, 0.1) is 31.6 Å². The van der Waals surface area contributed by atoms with Gasteiger partial charge in [-0.25, -0.2) is 0 Å². The van der Waals surface area contributed by atoms with Crippen LogP contribution in [0.1, 0.15) is 25.0 Å². The van der Waals surface area contributed by atoms with E-state index in [0.717, 1.165) is 16.8 Å². The van der Waals surface area contributed by atoms with Gasteiger partial charge in [0.15, 0.2) is 0 Å². The predicted octanol–water partition coefficient (Wildman–Crippen LogP) is 2.55. The Morgan fingerprint density at radius 1 is 1.08 bits per heavy atom. The second kappa shape index (κ2) is 9.06.